The molecule has 10 heteroatoms. The highest BCUT2D eigenvalue weighted by Gasteiger charge is 2.43. The van der Waals surface area contributed by atoms with Crippen molar-refractivity contribution in [3.63, 3.8) is 0 Å². The first-order chi connectivity index (χ1) is 11.7. The average molecular weight is 420 g/mol. The van der Waals surface area contributed by atoms with Crippen molar-refractivity contribution in [3.05, 3.63) is 22.7 Å². The Morgan fingerprint density at radius 2 is 1.84 bits per heavy atom. The second-order valence-electron chi connectivity index (χ2n) is 5.96. The Morgan fingerprint density at radius 3 is 2.48 bits per heavy atom. The molecule has 0 saturated heterocycles. The smallest absolute Gasteiger partial charge is 0.405 e. The standard InChI is InChI=1S/C15H17BrF3N5O/c16-11-9(5-4-6-10(11)25-15(17,18)19)24-13(21)22-12(20)23-14(24)7-2-1-3-8-14/h4-6H,1-3,7-8H2,(H4,20,21,22,23). The fourth-order valence-electron chi connectivity index (χ4n) is 3.35. The van der Waals surface area contributed by atoms with Crippen LogP contribution in [0.1, 0.15) is 32.1 Å². The topological polar surface area (TPSA) is 89.2 Å². The minimum absolute atomic E-state index is 0.0782. The van der Waals surface area contributed by atoms with Crippen molar-refractivity contribution in [1.82, 2.24) is 0 Å². The van der Waals surface area contributed by atoms with Crippen LogP contribution in [0.2, 0.25) is 0 Å². The van der Waals surface area contributed by atoms with E-state index in [1.807, 2.05) is 0 Å². The summed E-state index contributed by atoms with van der Waals surface area (Å²) in [6.07, 6.45) is -0.552. The molecule has 1 aromatic carbocycles. The van der Waals surface area contributed by atoms with Crippen LogP contribution in [0.4, 0.5) is 18.9 Å². The molecule has 1 saturated carbocycles. The number of anilines is 1. The molecule has 4 N–H and O–H groups in total. The predicted octanol–water partition coefficient (Wildman–Crippen LogP) is 3.46. The zero-order valence-corrected chi connectivity index (χ0v) is 14.8. The molecule has 1 aromatic rings. The van der Waals surface area contributed by atoms with Crippen LogP contribution in [0.5, 0.6) is 5.75 Å². The molecule has 1 spiro atoms. The Balaban J connectivity index is 2.07. The normalized spacial score (nSPS) is 20.2. The molecule has 0 radical (unpaired) electrons. The third kappa shape index (κ3) is 3.53. The van der Waals surface area contributed by atoms with Crippen molar-refractivity contribution in [2.24, 2.45) is 21.5 Å². The van der Waals surface area contributed by atoms with Gasteiger partial charge in [0.1, 0.15) is 11.4 Å². The second-order valence-corrected chi connectivity index (χ2v) is 6.75. The molecule has 25 heavy (non-hydrogen) atoms. The predicted molar refractivity (Wildman–Crippen MR) is 92.4 cm³/mol. The van der Waals surface area contributed by atoms with E-state index in [4.69, 9.17) is 11.5 Å². The van der Waals surface area contributed by atoms with E-state index in [1.54, 1.807) is 11.0 Å². The van der Waals surface area contributed by atoms with E-state index in [0.29, 0.717) is 18.5 Å². The maximum Gasteiger partial charge on any atom is 0.573 e. The minimum Gasteiger partial charge on any atom is -0.405 e. The highest BCUT2D eigenvalue weighted by Crippen LogP contribution is 2.44. The van der Waals surface area contributed by atoms with Crippen LogP contribution in [0.3, 0.4) is 0 Å². The number of hydrogen-bond acceptors (Lipinski definition) is 6. The summed E-state index contributed by atoms with van der Waals surface area (Å²) in [4.78, 5) is 10.1. The summed E-state index contributed by atoms with van der Waals surface area (Å²) in [6, 6.07) is 4.33. The van der Waals surface area contributed by atoms with Gasteiger partial charge in [-0.15, -0.1) is 13.2 Å². The molecule has 3 rings (SSSR count). The summed E-state index contributed by atoms with van der Waals surface area (Å²) in [5.74, 6) is -0.181. The van der Waals surface area contributed by atoms with E-state index in [0.717, 1.165) is 19.3 Å². The van der Waals surface area contributed by atoms with Gasteiger partial charge in [-0.3, -0.25) is 4.90 Å². The van der Waals surface area contributed by atoms with Gasteiger partial charge in [-0.2, -0.15) is 4.99 Å². The van der Waals surface area contributed by atoms with E-state index < -0.39 is 12.0 Å². The summed E-state index contributed by atoms with van der Waals surface area (Å²) in [6.45, 7) is 0. The van der Waals surface area contributed by atoms with Gasteiger partial charge >= 0.3 is 6.36 Å². The Labute approximate surface area is 150 Å². The van der Waals surface area contributed by atoms with Gasteiger partial charge in [0.05, 0.1) is 10.2 Å². The summed E-state index contributed by atoms with van der Waals surface area (Å²) >= 11 is 3.21. The molecule has 0 bridgehead atoms. The largest absolute Gasteiger partial charge is 0.573 e. The lowest BCUT2D eigenvalue weighted by Gasteiger charge is -2.46. The number of benzene rings is 1. The fourth-order valence-corrected chi connectivity index (χ4v) is 3.87. The lowest BCUT2D eigenvalue weighted by Crippen LogP contribution is -2.58. The number of rotatable bonds is 2. The van der Waals surface area contributed by atoms with Gasteiger partial charge in [-0.05, 0) is 53.7 Å². The van der Waals surface area contributed by atoms with E-state index in [2.05, 4.69) is 30.7 Å². The summed E-state index contributed by atoms with van der Waals surface area (Å²) in [5.41, 5.74) is 11.5. The maximum absolute atomic E-state index is 12.6. The number of nitrogens with zero attached hydrogens (tertiary/aromatic N) is 3. The molecule has 136 valence electrons. The summed E-state index contributed by atoms with van der Waals surface area (Å²) in [7, 11) is 0. The molecule has 1 aliphatic heterocycles. The summed E-state index contributed by atoms with van der Waals surface area (Å²) in [5, 5.41) is 0. The highest BCUT2D eigenvalue weighted by molar-refractivity contribution is 9.10. The van der Waals surface area contributed by atoms with Crippen LogP contribution in [0, 0.1) is 0 Å². The third-order valence-electron chi connectivity index (χ3n) is 4.26. The first-order valence-corrected chi connectivity index (χ1v) is 8.55. The maximum atomic E-state index is 12.6. The molecule has 1 aliphatic carbocycles. The third-order valence-corrected chi connectivity index (χ3v) is 5.06. The lowest BCUT2D eigenvalue weighted by molar-refractivity contribution is -0.274. The number of hydrogen-bond donors (Lipinski definition) is 2. The van der Waals surface area contributed by atoms with E-state index in [9.17, 15) is 13.2 Å². The fraction of sp³-hybridized carbons (Fsp3) is 0.467. The molecule has 0 aromatic heterocycles. The van der Waals surface area contributed by atoms with Crippen LogP contribution in [0.15, 0.2) is 32.7 Å². The first kappa shape index (κ1) is 17.8. The van der Waals surface area contributed by atoms with Gasteiger partial charge in [0.25, 0.3) is 0 Å². The first-order valence-electron chi connectivity index (χ1n) is 7.76. The molecule has 0 unspecified atom stereocenters. The summed E-state index contributed by atoms with van der Waals surface area (Å²) < 4.78 is 42.1. The van der Waals surface area contributed by atoms with Crippen LogP contribution in [-0.4, -0.2) is 23.9 Å². The van der Waals surface area contributed by atoms with Gasteiger partial charge in [0.2, 0.25) is 11.9 Å². The minimum atomic E-state index is -4.80. The van der Waals surface area contributed by atoms with Crippen molar-refractivity contribution in [2.45, 2.75) is 44.1 Å². The molecular weight excluding hydrogens is 403 g/mol. The molecule has 1 fully saturated rings. The van der Waals surface area contributed by atoms with E-state index in [1.165, 1.54) is 12.1 Å². The van der Waals surface area contributed by atoms with Gasteiger partial charge in [-0.1, -0.05) is 12.5 Å². The van der Waals surface area contributed by atoms with Gasteiger partial charge in [0.15, 0.2) is 0 Å². The second kappa shape index (κ2) is 6.40. The number of halogens is 4. The van der Waals surface area contributed by atoms with Crippen LogP contribution in [0.25, 0.3) is 0 Å². The Kier molecular flexibility index (Phi) is 4.56. The van der Waals surface area contributed by atoms with Crippen LogP contribution in [-0.2, 0) is 0 Å². The lowest BCUT2D eigenvalue weighted by atomic mass is 9.87. The van der Waals surface area contributed by atoms with Crippen molar-refractivity contribution in [3.8, 4) is 5.75 Å². The number of ether oxygens (including phenoxy) is 1. The van der Waals surface area contributed by atoms with Crippen LogP contribution < -0.4 is 21.1 Å². The number of nitrogens with two attached hydrogens (primary N) is 2. The SMILES string of the molecule is NC1=NC2(CCCCC2)N(c2cccc(OC(F)(F)F)c2Br)C(N)=N1. The Bertz CT molecular complexity index is 728. The molecule has 1 heterocycles. The van der Waals surface area contributed by atoms with Crippen molar-refractivity contribution in [1.29, 1.82) is 0 Å². The van der Waals surface area contributed by atoms with E-state index >= 15 is 0 Å². The molecule has 0 amide bonds. The van der Waals surface area contributed by atoms with Gasteiger partial charge in [-0.25, -0.2) is 4.99 Å². The molecular formula is C15H17BrF3N5O. The van der Waals surface area contributed by atoms with Crippen molar-refractivity contribution >= 4 is 33.5 Å². The number of aliphatic imine (C=N–C) groups is 2. The number of alkyl halides is 3. The van der Waals surface area contributed by atoms with Crippen molar-refractivity contribution < 1.29 is 17.9 Å². The van der Waals surface area contributed by atoms with Crippen molar-refractivity contribution in [2.75, 3.05) is 4.90 Å². The highest BCUT2D eigenvalue weighted by atomic mass is 79.9. The molecule has 6 nitrogen and oxygen atoms in total. The monoisotopic (exact) mass is 419 g/mol. The molecule has 0 atom stereocenters. The van der Waals surface area contributed by atoms with E-state index in [-0.39, 0.29) is 22.1 Å². The zero-order chi connectivity index (χ0) is 18.2. The average Bonchev–Trinajstić information content (AvgIpc) is 2.49. The van der Waals surface area contributed by atoms with Gasteiger partial charge in [0, 0.05) is 0 Å². The van der Waals surface area contributed by atoms with Gasteiger partial charge < -0.3 is 16.2 Å². The Hall–Kier alpha value is -1.97. The Morgan fingerprint density at radius 1 is 1.16 bits per heavy atom. The zero-order valence-electron chi connectivity index (χ0n) is 13.2. The quantitative estimate of drug-likeness (QED) is 0.767. The molecule has 2 aliphatic rings. The number of guanidine groups is 2. The van der Waals surface area contributed by atoms with Crippen LogP contribution >= 0.6 is 15.9 Å².